The highest BCUT2D eigenvalue weighted by Gasteiger charge is 2.23. The SMILES string of the molecule is Cc1ccc([N+](=O)[O-])c(OCCCC(C)(C)C(N)=NO)c1. The van der Waals surface area contributed by atoms with Crippen LogP contribution in [0.15, 0.2) is 23.4 Å². The topological polar surface area (TPSA) is 111 Å². The van der Waals surface area contributed by atoms with Gasteiger partial charge in [0.15, 0.2) is 5.75 Å². The maximum atomic E-state index is 10.9. The molecule has 3 N–H and O–H groups in total. The van der Waals surface area contributed by atoms with E-state index in [1.54, 1.807) is 12.1 Å². The Labute approximate surface area is 123 Å². The first kappa shape index (κ1) is 16.7. The van der Waals surface area contributed by atoms with E-state index in [0.717, 1.165) is 5.56 Å². The number of benzene rings is 1. The standard InChI is InChI=1S/C14H21N3O4/c1-10-5-6-11(17(19)20)12(9-10)21-8-4-7-14(2,3)13(15)16-18/h5-6,9,18H,4,7-8H2,1-3H3,(H2,15,16). The molecule has 0 saturated carbocycles. The van der Waals surface area contributed by atoms with Crippen LogP contribution in [0, 0.1) is 22.5 Å². The highest BCUT2D eigenvalue weighted by atomic mass is 16.6. The Morgan fingerprint density at radius 1 is 1.52 bits per heavy atom. The van der Waals surface area contributed by atoms with E-state index in [4.69, 9.17) is 15.7 Å². The van der Waals surface area contributed by atoms with Gasteiger partial charge in [-0.15, -0.1) is 0 Å². The van der Waals surface area contributed by atoms with E-state index in [-0.39, 0.29) is 17.3 Å². The van der Waals surface area contributed by atoms with Crippen molar-refractivity contribution in [1.82, 2.24) is 0 Å². The third kappa shape index (κ3) is 4.62. The van der Waals surface area contributed by atoms with E-state index < -0.39 is 10.3 Å². The van der Waals surface area contributed by atoms with Crippen LogP contribution >= 0.6 is 0 Å². The first-order chi connectivity index (χ1) is 9.77. The number of amidine groups is 1. The molecule has 21 heavy (non-hydrogen) atoms. The third-order valence-corrected chi connectivity index (χ3v) is 3.32. The molecule has 1 aromatic rings. The average molecular weight is 295 g/mol. The van der Waals surface area contributed by atoms with Gasteiger partial charge in [-0.05, 0) is 31.4 Å². The summed E-state index contributed by atoms with van der Waals surface area (Å²) in [7, 11) is 0. The molecular weight excluding hydrogens is 274 g/mol. The van der Waals surface area contributed by atoms with Crippen molar-refractivity contribution >= 4 is 11.5 Å². The molecule has 0 aromatic heterocycles. The van der Waals surface area contributed by atoms with Crippen molar-refractivity contribution in [3.05, 3.63) is 33.9 Å². The van der Waals surface area contributed by atoms with Gasteiger partial charge in [0.1, 0.15) is 5.84 Å². The zero-order chi connectivity index (χ0) is 16.0. The van der Waals surface area contributed by atoms with Crippen LogP contribution in [0.2, 0.25) is 0 Å². The van der Waals surface area contributed by atoms with Crippen LogP contribution in [0.1, 0.15) is 32.3 Å². The Morgan fingerprint density at radius 3 is 2.76 bits per heavy atom. The summed E-state index contributed by atoms with van der Waals surface area (Å²) in [5.74, 6) is 0.422. The van der Waals surface area contributed by atoms with Crippen LogP contribution in [-0.2, 0) is 0 Å². The molecule has 0 aliphatic heterocycles. The first-order valence-corrected chi connectivity index (χ1v) is 6.64. The van der Waals surface area contributed by atoms with E-state index in [0.29, 0.717) is 19.4 Å². The molecule has 0 spiro atoms. The van der Waals surface area contributed by atoms with E-state index >= 15 is 0 Å². The van der Waals surface area contributed by atoms with Gasteiger partial charge < -0.3 is 15.7 Å². The Morgan fingerprint density at radius 2 is 2.19 bits per heavy atom. The van der Waals surface area contributed by atoms with E-state index in [9.17, 15) is 10.1 Å². The van der Waals surface area contributed by atoms with Crippen LogP contribution in [0.4, 0.5) is 5.69 Å². The van der Waals surface area contributed by atoms with E-state index in [2.05, 4.69) is 5.16 Å². The summed E-state index contributed by atoms with van der Waals surface area (Å²) < 4.78 is 5.50. The second-order valence-corrected chi connectivity index (χ2v) is 5.55. The fourth-order valence-electron chi connectivity index (χ4n) is 1.85. The fourth-order valence-corrected chi connectivity index (χ4v) is 1.85. The largest absolute Gasteiger partial charge is 0.487 e. The highest BCUT2D eigenvalue weighted by molar-refractivity contribution is 5.85. The van der Waals surface area contributed by atoms with E-state index in [1.807, 2.05) is 20.8 Å². The Bertz CT molecular complexity index is 541. The lowest BCUT2D eigenvalue weighted by Gasteiger charge is -2.22. The lowest BCUT2D eigenvalue weighted by atomic mass is 9.87. The number of aryl methyl sites for hydroxylation is 1. The smallest absolute Gasteiger partial charge is 0.310 e. The summed E-state index contributed by atoms with van der Waals surface area (Å²) in [6.45, 7) is 5.89. The number of hydrogen-bond acceptors (Lipinski definition) is 5. The molecule has 0 bridgehead atoms. The Kier molecular flexibility index (Phi) is 5.52. The minimum atomic E-state index is -0.463. The summed E-state index contributed by atoms with van der Waals surface area (Å²) in [6.07, 6.45) is 1.27. The molecule has 1 rings (SSSR count). The monoisotopic (exact) mass is 295 g/mol. The van der Waals surface area contributed by atoms with Crippen molar-refractivity contribution < 1.29 is 14.9 Å². The molecule has 1 aromatic carbocycles. The van der Waals surface area contributed by atoms with Gasteiger partial charge in [0.2, 0.25) is 0 Å². The number of hydrogen-bond donors (Lipinski definition) is 2. The Balaban J connectivity index is 2.61. The Hall–Kier alpha value is -2.31. The van der Waals surface area contributed by atoms with Crippen molar-refractivity contribution in [3.8, 4) is 5.75 Å². The lowest BCUT2D eigenvalue weighted by molar-refractivity contribution is -0.385. The molecule has 0 heterocycles. The quantitative estimate of drug-likeness (QED) is 0.201. The van der Waals surface area contributed by atoms with Crippen LogP contribution < -0.4 is 10.5 Å². The summed E-state index contributed by atoms with van der Waals surface area (Å²) in [4.78, 5) is 10.5. The van der Waals surface area contributed by atoms with Gasteiger partial charge in [-0.3, -0.25) is 10.1 Å². The van der Waals surface area contributed by atoms with Gasteiger partial charge >= 0.3 is 5.69 Å². The molecule has 0 aliphatic carbocycles. The van der Waals surface area contributed by atoms with Gasteiger partial charge in [0, 0.05) is 11.5 Å². The maximum absolute atomic E-state index is 10.9. The number of nitrogens with two attached hydrogens (primary N) is 1. The molecule has 116 valence electrons. The van der Waals surface area contributed by atoms with Crippen molar-refractivity contribution in [2.45, 2.75) is 33.6 Å². The number of nitro benzene ring substituents is 1. The third-order valence-electron chi connectivity index (χ3n) is 3.32. The van der Waals surface area contributed by atoms with Crippen molar-refractivity contribution in [1.29, 1.82) is 0 Å². The highest BCUT2D eigenvalue weighted by Crippen LogP contribution is 2.28. The minimum absolute atomic E-state index is 0.0451. The zero-order valence-electron chi connectivity index (χ0n) is 12.5. The molecule has 0 atom stereocenters. The summed E-state index contributed by atoms with van der Waals surface area (Å²) in [5.41, 5.74) is 6.00. The van der Waals surface area contributed by atoms with Gasteiger partial charge in [-0.1, -0.05) is 25.1 Å². The van der Waals surface area contributed by atoms with Crippen LogP contribution in [-0.4, -0.2) is 22.6 Å². The average Bonchev–Trinajstić information content (AvgIpc) is 2.42. The van der Waals surface area contributed by atoms with Crippen molar-refractivity contribution in [2.24, 2.45) is 16.3 Å². The predicted molar refractivity (Wildman–Crippen MR) is 79.8 cm³/mol. The minimum Gasteiger partial charge on any atom is -0.487 e. The predicted octanol–water partition coefficient (Wildman–Crippen LogP) is 2.83. The van der Waals surface area contributed by atoms with Gasteiger partial charge in [-0.2, -0.15) is 0 Å². The molecule has 7 heteroatoms. The fraction of sp³-hybridized carbons (Fsp3) is 0.500. The first-order valence-electron chi connectivity index (χ1n) is 6.64. The molecule has 0 saturated heterocycles. The molecular formula is C14H21N3O4. The van der Waals surface area contributed by atoms with Gasteiger partial charge in [-0.25, -0.2) is 0 Å². The number of rotatable bonds is 7. The van der Waals surface area contributed by atoms with Crippen LogP contribution in [0.25, 0.3) is 0 Å². The number of nitrogens with zero attached hydrogens (tertiary/aromatic N) is 2. The molecule has 0 unspecified atom stereocenters. The number of nitro groups is 1. The molecule has 0 radical (unpaired) electrons. The molecule has 0 fully saturated rings. The van der Waals surface area contributed by atoms with E-state index in [1.165, 1.54) is 6.07 Å². The summed E-state index contributed by atoms with van der Waals surface area (Å²) in [6, 6.07) is 4.75. The summed E-state index contributed by atoms with van der Waals surface area (Å²) in [5, 5.41) is 22.6. The second-order valence-electron chi connectivity index (χ2n) is 5.55. The van der Waals surface area contributed by atoms with Gasteiger partial charge in [0.25, 0.3) is 0 Å². The molecule has 0 amide bonds. The summed E-state index contributed by atoms with van der Waals surface area (Å²) >= 11 is 0. The normalized spacial score (nSPS) is 12.2. The van der Waals surface area contributed by atoms with Gasteiger partial charge in [0.05, 0.1) is 11.5 Å². The van der Waals surface area contributed by atoms with Crippen LogP contribution in [0.3, 0.4) is 0 Å². The number of ether oxygens (including phenoxy) is 1. The molecule has 7 nitrogen and oxygen atoms in total. The molecule has 0 aliphatic rings. The maximum Gasteiger partial charge on any atom is 0.310 e. The van der Waals surface area contributed by atoms with Crippen molar-refractivity contribution in [3.63, 3.8) is 0 Å². The van der Waals surface area contributed by atoms with Crippen molar-refractivity contribution in [2.75, 3.05) is 6.61 Å². The number of oxime groups is 1. The van der Waals surface area contributed by atoms with Crippen LogP contribution in [0.5, 0.6) is 5.75 Å². The zero-order valence-corrected chi connectivity index (χ0v) is 12.5. The second kappa shape index (κ2) is 6.92. The lowest BCUT2D eigenvalue weighted by Crippen LogP contribution is -2.32.